The van der Waals surface area contributed by atoms with E-state index in [-0.39, 0.29) is 0 Å². The largest absolute Gasteiger partial charge is 0.420 e. The van der Waals surface area contributed by atoms with Crippen LogP contribution in [0.1, 0.15) is 19.3 Å². The summed E-state index contributed by atoms with van der Waals surface area (Å²) in [4.78, 5) is 0. The summed E-state index contributed by atoms with van der Waals surface area (Å²) < 4.78 is 136. The van der Waals surface area contributed by atoms with E-state index >= 15 is 0 Å². The molecule has 2 unspecified atom stereocenters. The highest BCUT2D eigenvalue weighted by Crippen LogP contribution is 2.37. The molecule has 1 aliphatic rings. The molecule has 1 heterocycles. The Kier molecular flexibility index (Phi) is 8.68. The van der Waals surface area contributed by atoms with Crippen molar-refractivity contribution in [3.8, 4) is 0 Å². The topological polar surface area (TPSA) is 36.9 Å². The minimum Gasteiger partial charge on any atom is -0.420 e. The van der Waals surface area contributed by atoms with Crippen molar-refractivity contribution in [2.75, 3.05) is 0 Å². The zero-order chi connectivity index (χ0) is 22.8. The first kappa shape index (κ1) is 27.1. The van der Waals surface area contributed by atoms with Crippen LogP contribution in [-0.2, 0) is 16.5 Å². The Labute approximate surface area is 167 Å². The summed E-state index contributed by atoms with van der Waals surface area (Å²) in [5.74, 6) is 0. The van der Waals surface area contributed by atoms with Crippen molar-refractivity contribution in [3.05, 3.63) is 0 Å². The van der Waals surface area contributed by atoms with Crippen molar-refractivity contribution in [2.45, 2.75) is 75.6 Å². The van der Waals surface area contributed by atoms with E-state index in [0.29, 0.717) is 0 Å². The van der Waals surface area contributed by atoms with Gasteiger partial charge in [-0.1, -0.05) is 0 Å². The van der Waals surface area contributed by atoms with Gasteiger partial charge >= 0.3 is 44.2 Å². The van der Waals surface area contributed by atoms with Crippen LogP contribution in [0.3, 0.4) is 0 Å². The summed E-state index contributed by atoms with van der Waals surface area (Å²) >= 11 is 0. The lowest BCUT2D eigenvalue weighted by Gasteiger charge is -2.45. The minimum absolute atomic E-state index is 0.564. The Morgan fingerprint density at radius 1 is 0.552 bits per heavy atom. The molecule has 0 amide bonds. The third-order valence-electron chi connectivity index (χ3n) is 4.18. The summed E-state index contributed by atoms with van der Waals surface area (Å²) in [5, 5.41) is 0. The van der Waals surface area contributed by atoms with Gasteiger partial charge in [-0.2, -0.15) is 39.5 Å². The van der Waals surface area contributed by atoms with Crippen LogP contribution < -0.4 is 0 Å². The lowest BCUT2D eigenvalue weighted by Crippen LogP contribution is -2.61. The quantitative estimate of drug-likeness (QED) is 0.364. The molecular weight excluding hydrogens is 491 g/mol. The second-order valence-electron chi connectivity index (χ2n) is 7.36. The Balaban J connectivity index is 3.06. The maximum atomic E-state index is 12.7. The van der Waals surface area contributed by atoms with Crippen molar-refractivity contribution >= 4 is 35.7 Å². The fourth-order valence-corrected chi connectivity index (χ4v) is 19.9. The van der Waals surface area contributed by atoms with Crippen LogP contribution >= 0.6 is 0 Å². The van der Waals surface area contributed by atoms with Gasteiger partial charge in [0.05, 0.1) is 0 Å². The molecule has 0 aliphatic carbocycles. The predicted molar refractivity (Wildman–Crippen MR) is 94.2 cm³/mol. The molecule has 4 nitrogen and oxygen atoms in total. The monoisotopic (exact) mass is 514 g/mol. The van der Waals surface area contributed by atoms with Crippen LogP contribution in [0.5, 0.6) is 0 Å². The van der Waals surface area contributed by atoms with E-state index in [1.807, 2.05) is 0 Å². The van der Waals surface area contributed by atoms with Crippen LogP contribution in [0.4, 0.5) is 39.5 Å². The van der Waals surface area contributed by atoms with Crippen molar-refractivity contribution in [2.24, 2.45) is 0 Å². The normalized spacial score (nSPS) is 33.5. The van der Waals surface area contributed by atoms with Crippen LogP contribution in [0.2, 0.25) is 37.8 Å². The second-order valence-corrected chi connectivity index (χ2v) is 19.8. The first-order valence-electron chi connectivity index (χ1n) is 8.62. The zero-order valence-corrected chi connectivity index (χ0v) is 20.4. The van der Waals surface area contributed by atoms with Gasteiger partial charge in [0.2, 0.25) is 0 Å². The van der Waals surface area contributed by atoms with Crippen LogP contribution in [0, 0.1) is 0 Å². The summed E-state index contributed by atoms with van der Waals surface area (Å²) in [6.07, 6.45) is -17.5. The van der Waals surface area contributed by atoms with Gasteiger partial charge in [0.25, 0.3) is 10.0 Å². The lowest BCUT2D eigenvalue weighted by molar-refractivity contribution is -0.132. The van der Waals surface area contributed by atoms with Gasteiger partial charge in [0.1, 0.15) is 0 Å². The van der Waals surface area contributed by atoms with E-state index in [1.54, 1.807) is 0 Å². The van der Waals surface area contributed by atoms with Crippen molar-refractivity contribution in [1.82, 2.24) is 0 Å². The fraction of sp³-hybridized carbons (Fsp3) is 1.00. The second kappa shape index (κ2) is 9.29. The highest BCUT2D eigenvalue weighted by Gasteiger charge is 2.53. The summed E-state index contributed by atoms with van der Waals surface area (Å²) in [6, 6.07) is -1.80. The third-order valence-corrected chi connectivity index (χ3v) is 20.4. The molecule has 1 aliphatic heterocycles. The number of hydrogen-bond acceptors (Lipinski definition) is 4. The molecule has 1 fully saturated rings. The summed E-state index contributed by atoms with van der Waals surface area (Å²) in [5.41, 5.74) is 0. The van der Waals surface area contributed by atoms with Gasteiger partial charge in [0.15, 0.2) is 0 Å². The smallest absolute Gasteiger partial charge is 0.389 e. The molecule has 0 aromatic carbocycles. The average molecular weight is 515 g/mol. The maximum Gasteiger partial charge on any atom is 0.389 e. The summed E-state index contributed by atoms with van der Waals surface area (Å²) in [6.45, 7) is 3.80. The van der Waals surface area contributed by atoms with Gasteiger partial charge in [0, 0.05) is 19.3 Å². The molecule has 17 heteroatoms. The highest BCUT2D eigenvalue weighted by molar-refractivity contribution is 6.88. The Morgan fingerprint density at radius 3 is 1.10 bits per heavy atom. The molecule has 0 N–H and O–H groups in total. The highest BCUT2D eigenvalue weighted by atomic mass is 28.5. The molecule has 0 bridgehead atoms. The average Bonchev–Trinajstić information content (AvgIpc) is 2.46. The van der Waals surface area contributed by atoms with Crippen molar-refractivity contribution < 1.29 is 56.0 Å². The predicted octanol–water partition coefficient (Wildman–Crippen LogP) is 5.14. The van der Waals surface area contributed by atoms with Gasteiger partial charge < -0.3 is 16.5 Å². The standard InChI is InChI=1S/C12H23F9O4Si4/c1-27(7-4-10(13,14)15)22-26-23-28(2,8-5-11(16,17)18)25-29(3,24-27)9-6-12(19,20)21/h4-9,26H2,1-3H3. The van der Waals surface area contributed by atoms with Crippen molar-refractivity contribution in [3.63, 3.8) is 0 Å². The van der Waals surface area contributed by atoms with Crippen LogP contribution in [-0.4, -0.2) is 54.2 Å². The Hall–Kier alpha value is 0.0775. The summed E-state index contributed by atoms with van der Waals surface area (Å²) in [7, 11) is -13.1. The number of alkyl halides is 9. The molecule has 1 saturated heterocycles. The van der Waals surface area contributed by atoms with E-state index in [0.717, 1.165) is 0 Å². The fourth-order valence-electron chi connectivity index (χ4n) is 2.73. The molecule has 2 atom stereocenters. The minimum atomic E-state index is -4.59. The van der Waals surface area contributed by atoms with Gasteiger partial charge in [-0.25, -0.2) is 0 Å². The van der Waals surface area contributed by atoms with Crippen LogP contribution in [0.15, 0.2) is 0 Å². The van der Waals surface area contributed by atoms with E-state index in [2.05, 4.69) is 0 Å². The Morgan fingerprint density at radius 2 is 0.828 bits per heavy atom. The molecular formula is C12H23F9O4Si4. The molecule has 1 rings (SSSR count). The number of halogens is 9. The van der Waals surface area contributed by atoms with Crippen molar-refractivity contribution in [1.29, 1.82) is 0 Å². The first-order chi connectivity index (χ1) is 12.7. The van der Waals surface area contributed by atoms with Gasteiger partial charge in [-0.05, 0) is 37.8 Å². The van der Waals surface area contributed by atoms with E-state index < -0.39 is 91.6 Å². The maximum absolute atomic E-state index is 12.7. The molecule has 0 aromatic rings. The molecule has 174 valence electrons. The first-order valence-corrected chi connectivity index (χ1v) is 17.3. The number of hydrogen-bond donors (Lipinski definition) is 0. The van der Waals surface area contributed by atoms with Crippen LogP contribution in [0.25, 0.3) is 0 Å². The molecule has 0 spiro atoms. The van der Waals surface area contributed by atoms with E-state index in [9.17, 15) is 39.5 Å². The van der Waals surface area contributed by atoms with Gasteiger partial charge in [-0.15, -0.1) is 0 Å². The Bertz CT molecular complexity index is 511. The molecule has 0 saturated carbocycles. The third kappa shape index (κ3) is 11.3. The molecule has 0 aromatic heterocycles. The van der Waals surface area contributed by atoms with Gasteiger partial charge in [-0.3, -0.25) is 0 Å². The zero-order valence-electron chi connectivity index (χ0n) is 16.0. The number of rotatable bonds is 6. The van der Waals surface area contributed by atoms with E-state index in [1.165, 1.54) is 19.6 Å². The molecule has 0 radical (unpaired) electrons. The van der Waals surface area contributed by atoms with E-state index in [4.69, 9.17) is 16.5 Å². The molecule has 29 heavy (non-hydrogen) atoms. The lowest BCUT2D eigenvalue weighted by atomic mass is 10.5. The SMILES string of the molecule is C[Si]1(CCC(F)(F)F)O[SiH2]O[Si](C)(CCC(F)(F)F)O[Si](C)(CCC(F)(F)F)O1.